The number of thioether (sulfide) groups is 1. The molecule has 0 atom stereocenters. The molecule has 19 heavy (non-hydrogen) atoms. The van der Waals surface area contributed by atoms with Crippen LogP contribution in [-0.4, -0.2) is 12.4 Å². The van der Waals surface area contributed by atoms with Crippen LogP contribution in [0.5, 0.6) is 5.75 Å². The summed E-state index contributed by atoms with van der Waals surface area (Å²) in [6.45, 7) is 4.86. The fourth-order valence-corrected chi connectivity index (χ4v) is 2.62. The first kappa shape index (κ1) is 13.8. The molecule has 0 aliphatic rings. The van der Waals surface area contributed by atoms with E-state index in [0.717, 1.165) is 17.2 Å². The Hall–Kier alpha value is -1.61. The van der Waals surface area contributed by atoms with Crippen LogP contribution in [0.3, 0.4) is 0 Å². The third-order valence-electron chi connectivity index (χ3n) is 2.83. The molecule has 2 aromatic rings. The summed E-state index contributed by atoms with van der Waals surface area (Å²) in [6.07, 6.45) is 0. The van der Waals surface area contributed by atoms with Crippen molar-refractivity contribution in [2.75, 3.05) is 18.1 Å². The summed E-state index contributed by atoms with van der Waals surface area (Å²) in [4.78, 5) is 1.27. The quantitative estimate of drug-likeness (QED) is 0.507. The Kier molecular flexibility index (Phi) is 4.74. The number of benzene rings is 2. The Bertz CT molecular complexity index is 537. The van der Waals surface area contributed by atoms with Gasteiger partial charge in [0.2, 0.25) is 0 Å². The van der Waals surface area contributed by atoms with Crippen LogP contribution in [0, 0.1) is 13.8 Å². The van der Waals surface area contributed by atoms with Crippen LogP contribution < -0.4 is 10.5 Å². The maximum absolute atomic E-state index is 5.74. The predicted molar refractivity (Wildman–Crippen MR) is 83.0 cm³/mol. The smallest absolute Gasteiger partial charge is 0.119 e. The monoisotopic (exact) mass is 273 g/mol. The lowest BCUT2D eigenvalue weighted by atomic mass is 10.2. The standard InChI is InChI=1S/C16H19NOS/c1-12-3-6-15(7-4-12)18-9-10-19-16-8-5-14(17)11-13(16)2/h3-8,11H,9-10,17H2,1-2H3. The molecule has 2 aromatic carbocycles. The highest BCUT2D eigenvalue weighted by Gasteiger charge is 2.00. The normalized spacial score (nSPS) is 10.4. The van der Waals surface area contributed by atoms with E-state index in [4.69, 9.17) is 10.5 Å². The number of rotatable bonds is 5. The van der Waals surface area contributed by atoms with Crippen LogP contribution in [0.2, 0.25) is 0 Å². The van der Waals surface area contributed by atoms with Gasteiger partial charge in [0.05, 0.1) is 6.61 Å². The summed E-state index contributed by atoms with van der Waals surface area (Å²) in [5, 5.41) is 0. The van der Waals surface area contributed by atoms with Crippen molar-refractivity contribution >= 4 is 17.4 Å². The van der Waals surface area contributed by atoms with Crippen LogP contribution in [0.1, 0.15) is 11.1 Å². The van der Waals surface area contributed by atoms with Gasteiger partial charge in [0.25, 0.3) is 0 Å². The zero-order chi connectivity index (χ0) is 13.7. The Balaban J connectivity index is 1.79. The highest BCUT2D eigenvalue weighted by atomic mass is 32.2. The summed E-state index contributed by atoms with van der Waals surface area (Å²) in [5.74, 6) is 1.86. The lowest BCUT2D eigenvalue weighted by Gasteiger charge is -2.08. The van der Waals surface area contributed by atoms with Gasteiger partial charge in [0.1, 0.15) is 5.75 Å². The van der Waals surface area contributed by atoms with Crippen LogP contribution in [-0.2, 0) is 0 Å². The molecule has 2 N–H and O–H groups in total. The van der Waals surface area contributed by atoms with Gasteiger partial charge in [0, 0.05) is 16.3 Å². The third kappa shape index (κ3) is 4.21. The van der Waals surface area contributed by atoms with Crippen LogP contribution >= 0.6 is 11.8 Å². The Morgan fingerprint density at radius 3 is 2.47 bits per heavy atom. The molecule has 0 bridgehead atoms. The highest BCUT2D eigenvalue weighted by Crippen LogP contribution is 2.24. The second-order valence-electron chi connectivity index (χ2n) is 4.53. The molecular formula is C16H19NOS. The van der Waals surface area contributed by atoms with Gasteiger partial charge in [0.15, 0.2) is 0 Å². The van der Waals surface area contributed by atoms with Crippen LogP contribution in [0.25, 0.3) is 0 Å². The van der Waals surface area contributed by atoms with E-state index in [1.165, 1.54) is 16.0 Å². The number of hydrogen-bond donors (Lipinski definition) is 1. The van der Waals surface area contributed by atoms with Gasteiger partial charge in [-0.3, -0.25) is 0 Å². The van der Waals surface area contributed by atoms with Crippen molar-refractivity contribution in [1.82, 2.24) is 0 Å². The summed E-state index contributed by atoms with van der Waals surface area (Å²) in [5.41, 5.74) is 9.03. The van der Waals surface area contributed by atoms with Crippen molar-refractivity contribution < 1.29 is 4.74 Å². The summed E-state index contributed by atoms with van der Waals surface area (Å²) in [6, 6.07) is 14.2. The van der Waals surface area contributed by atoms with Crippen molar-refractivity contribution in [3.05, 3.63) is 53.6 Å². The van der Waals surface area contributed by atoms with Gasteiger partial charge in [-0.2, -0.15) is 0 Å². The average Bonchev–Trinajstić information content (AvgIpc) is 2.39. The van der Waals surface area contributed by atoms with Gasteiger partial charge in [-0.25, -0.2) is 0 Å². The minimum absolute atomic E-state index is 0.706. The summed E-state index contributed by atoms with van der Waals surface area (Å²) in [7, 11) is 0. The maximum Gasteiger partial charge on any atom is 0.119 e. The number of nitrogens with two attached hydrogens (primary N) is 1. The van der Waals surface area contributed by atoms with Gasteiger partial charge in [-0.1, -0.05) is 17.7 Å². The van der Waals surface area contributed by atoms with Crippen LogP contribution in [0.15, 0.2) is 47.4 Å². The molecule has 0 fully saturated rings. The number of nitrogen functional groups attached to an aromatic ring is 1. The Morgan fingerprint density at radius 2 is 1.79 bits per heavy atom. The highest BCUT2D eigenvalue weighted by molar-refractivity contribution is 7.99. The molecule has 2 rings (SSSR count). The molecule has 0 amide bonds. The lowest BCUT2D eigenvalue weighted by molar-refractivity contribution is 0.344. The zero-order valence-electron chi connectivity index (χ0n) is 11.3. The largest absolute Gasteiger partial charge is 0.493 e. The van der Waals surface area contributed by atoms with Crippen molar-refractivity contribution in [2.24, 2.45) is 0 Å². The first-order valence-electron chi connectivity index (χ1n) is 6.33. The van der Waals surface area contributed by atoms with Crippen LogP contribution in [0.4, 0.5) is 5.69 Å². The molecule has 0 aliphatic carbocycles. The first-order chi connectivity index (χ1) is 9.15. The third-order valence-corrected chi connectivity index (χ3v) is 3.97. The average molecular weight is 273 g/mol. The van der Waals surface area contributed by atoms with E-state index in [0.29, 0.717) is 6.61 Å². The van der Waals surface area contributed by atoms with Gasteiger partial charge in [-0.15, -0.1) is 11.8 Å². The number of ether oxygens (including phenoxy) is 1. The molecule has 0 spiro atoms. The molecule has 0 unspecified atom stereocenters. The van der Waals surface area contributed by atoms with E-state index >= 15 is 0 Å². The summed E-state index contributed by atoms with van der Waals surface area (Å²) < 4.78 is 5.70. The molecular weight excluding hydrogens is 254 g/mol. The topological polar surface area (TPSA) is 35.2 Å². The maximum atomic E-state index is 5.74. The fraction of sp³-hybridized carbons (Fsp3) is 0.250. The van der Waals surface area contributed by atoms with Gasteiger partial charge in [-0.05, 0) is 49.7 Å². The van der Waals surface area contributed by atoms with E-state index < -0.39 is 0 Å². The van der Waals surface area contributed by atoms with E-state index in [1.54, 1.807) is 11.8 Å². The second-order valence-corrected chi connectivity index (χ2v) is 5.67. The van der Waals surface area contributed by atoms with E-state index in [-0.39, 0.29) is 0 Å². The van der Waals surface area contributed by atoms with Gasteiger partial charge >= 0.3 is 0 Å². The van der Waals surface area contributed by atoms with E-state index in [9.17, 15) is 0 Å². The van der Waals surface area contributed by atoms with Crippen molar-refractivity contribution in [3.8, 4) is 5.75 Å². The predicted octanol–water partition coefficient (Wildman–Crippen LogP) is 4.06. The van der Waals surface area contributed by atoms with Crippen molar-refractivity contribution in [2.45, 2.75) is 18.7 Å². The summed E-state index contributed by atoms with van der Waals surface area (Å²) >= 11 is 1.80. The minimum atomic E-state index is 0.706. The van der Waals surface area contributed by atoms with Crippen molar-refractivity contribution in [3.63, 3.8) is 0 Å². The molecule has 2 nitrogen and oxygen atoms in total. The number of aryl methyl sites for hydroxylation is 2. The van der Waals surface area contributed by atoms with E-state index in [1.807, 2.05) is 24.3 Å². The molecule has 0 radical (unpaired) electrons. The zero-order valence-corrected chi connectivity index (χ0v) is 12.2. The second kappa shape index (κ2) is 6.53. The minimum Gasteiger partial charge on any atom is -0.493 e. The number of hydrogen-bond acceptors (Lipinski definition) is 3. The molecule has 0 saturated heterocycles. The molecule has 0 heterocycles. The lowest BCUT2D eigenvalue weighted by Crippen LogP contribution is -2.00. The number of anilines is 1. The SMILES string of the molecule is Cc1ccc(OCCSc2ccc(N)cc2C)cc1. The molecule has 100 valence electrons. The van der Waals surface area contributed by atoms with E-state index in [2.05, 4.69) is 32.0 Å². The molecule has 0 aliphatic heterocycles. The van der Waals surface area contributed by atoms with Crippen molar-refractivity contribution in [1.29, 1.82) is 0 Å². The first-order valence-corrected chi connectivity index (χ1v) is 7.32. The fourth-order valence-electron chi connectivity index (χ4n) is 1.78. The molecule has 3 heteroatoms. The Morgan fingerprint density at radius 1 is 1.05 bits per heavy atom. The molecule has 0 saturated carbocycles. The molecule has 0 aromatic heterocycles. The Labute approximate surface area is 119 Å². The van der Waals surface area contributed by atoms with Gasteiger partial charge < -0.3 is 10.5 Å².